The van der Waals surface area contributed by atoms with E-state index in [2.05, 4.69) is 16.6 Å². The van der Waals surface area contributed by atoms with E-state index in [0.29, 0.717) is 12.8 Å². The second-order valence-electron chi connectivity index (χ2n) is 7.41. The first-order chi connectivity index (χ1) is 13.1. The highest BCUT2D eigenvalue weighted by Crippen LogP contribution is 2.12. The Morgan fingerprint density at radius 2 is 1.79 bits per heavy atom. The second kappa shape index (κ2) is 11.5. The third-order valence-corrected chi connectivity index (χ3v) is 4.25. The van der Waals surface area contributed by atoms with Gasteiger partial charge < -0.3 is 25.7 Å². The quantitative estimate of drug-likeness (QED) is 0.215. The largest absolute Gasteiger partial charge is 0.558 e. The molecule has 7 nitrogen and oxygen atoms in total. The molecule has 0 aliphatic rings. The fourth-order valence-corrected chi connectivity index (χ4v) is 2.82. The summed E-state index contributed by atoms with van der Waals surface area (Å²) >= 11 is 0. The van der Waals surface area contributed by atoms with E-state index in [1.165, 1.54) is 0 Å². The van der Waals surface area contributed by atoms with Gasteiger partial charge in [-0.05, 0) is 23.8 Å². The summed E-state index contributed by atoms with van der Waals surface area (Å²) in [4.78, 5) is 24.9. The highest BCUT2D eigenvalue weighted by molar-refractivity contribution is 6.58. The Kier molecular flexibility index (Phi) is 9.73. The van der Waals surface area contributed by atoms with Gasteiger partial charge >= 0.3 is 6.75 Å². The van der Waals surface area contributed by atoms with Gasteiger partial charge in [-0.3, -0.25) is 9.59 Å². The average Bonchev–Trinajstić information content (AvgIpc) is 2.60. The minimum Gasteiger partial charge on any atom is -0.558 e. The maximum atomic E-state index is 12.8. The summed E-state index contributed by atoms with van der Waals surface area (Å²) in [7, 11) is 0. The fourth-order valence-electron chi connectivity index (χ4n) is 2.82. The maximum Gasteiger partial charge on any atom is 0.393 e. The van der Waals surface area contributed by atoms with Crippen LogP contribution in [-0.4, -0.2) is 45.6 Å². The van der Waals surface area contributed by atoms with E-state index < -0.39 is 24.6 Å². The van der Waals surface area contributed by atoms with Crippen LogP contribution in [0.2, 0.25) is 0 Å². The van der Waals surface area contributed by atoms with Gasteiger partial charge in [-0.25, -0.2) is 0 Å². The Hall–Kier alpha value is -2.34. The normalized spacial score (nSPS) is 13.5. The van der Waals surface area contributed by atoms with Crippen LogP contribution in [0.4, 0.5) is 0 Å². The molecule has 0 spiro atoms. The Morgan fingerprint density at radius 3 is 2.32 bits per heavy atom. The Bertz CT molecular complexity index is 667. The molecule has 0 aromatic heterocycles. The summed E-state index contributed by atoms with van der Waals surface area (Å²) in [5.41, 5.74) is 0.834. The van der Waals surface area contributed by atoms with Crippen molar-refractivity contribution in [1.29, 1.82) is 0 Å². The van der Waals surface area contributed by atoms with Crippen LogP contribution in [0.3, 0.4) is 0 Å². The van der Waals surface area contributed by atoms with Crippen LogP contribution in [0.15, 0.2) is 30.3 Å². The first kappa shape index (κ1) is 23.7. The highest BCUT2D eigenvalue weighted by atomic mass is 16.5. The van der Waals surface area contributed by atoms with E-state index in [4.69, 9.17) is 6.42 Å². The van der Waals surface area contributed by atoms with Gasteiger partial charge in [-0.15, -0.1) is 12.3 Å². The summed E-state index contributed by atoms with van der Waals surface area (Å²) in [6.45, 7) is -0.0880. The summed E-state index contributed by atoms with van der Waals surface area (Å²) in [6.07, 6.45) is 6.74. The van der Waals surface area contributed by atoms with Gasteiger partial charge in [0.1, 0.15) is 6.04 Å². The number of unbranched alkanes of at least 4 members (excludes halogenated alkanes) is 1. The Labute approximate surface area is 166 Å². The molecule has 0 bridgehead atoms. The summed E-state index contributed by atoms with van der Waals surface area (Å²) in [6, 6.07) is 8.22. The molecule has 1 rings (SSSR count). The summed E-state index contributed by atoms with van der Waals surface area (Å²) in [5, 5.41) is 34.0. The van der Waals surface area contributed by atoms with Crippen molar-refractivity contribution in [2.45, 2.75) is 57.9 Å². The van der Waals surface area contributed by atoms with Gasteiger partial charge in [0.2, 0.25) is 11.8 Å². The zero-order valence-corrected chi connectivity index (χ0v) is 16.5. The van der Waals surface area contributed by atoms with Crippen molar-refractivity contribution in [3.05, 3.63) is 35.9 Å². The monoisotopic (exact) mass is 389 g/mol. The molecule has 0 fully saturated rings. The number of benzene rings is 1. The predicted octanol–water partition coefficient (Wildman–Crippen LogP) is 0.503. The van der Waals surface area contributed by atoms with Crippen molar-refractivity contribution in [2.24, 2.45) is 5.92 Å². The van der Waals surface area contributed by atoms with E-state index in [0.717, 1.165) is 5.56 Å². The number of terminal acetylenes is 1. The molecule has 0 radical (unpaired) electrons. The van der Waals surface area contributed by atoms with Gasteiger partial charge in [0.05, 0.1) is 0 Å². The van der Waals surface area contributed by atoms with Crippen molar-refractivity contribution < 1.29 is 24.7 Å². The lowest BCUT2D eigenvalue weighted by molar-refractivity contribution is -0.129. The van der Waals surface area contributed by atoms with Crippen LogP contribution in [0.1, 0.15) is 45.1 Å². The lowest BCUT2D eigenvalue weighted by Gasteiger charge is -2.35. The summed E-state index contributed by atoms with van der Waals surface area (Å²) in [5.74, 6) is 0.317. The first-order valence-electron chi connectivity index (χ1n) is 9.52. The Morgan fingerprint density at radius 1 is 1.14 bits per heavy atom. The number of carbonyl (C=O) groups excluding carboxylic acids is 2. The zero-order chi connectivity index (χ0) is 21.2. The van der Waals surface area contributed by atoms with E-state index in [-0.39, 0.29) is 31.1 Å². The average molecular weight is 389 g/mol. The molecular weight excluding hydrogens is 359 g/mol. The molecule has 1 aromatic rings. The molecule has 28 heavy (non-hydrogen) atoms. The van der Waals surface area contributed by atoms with Gasteiger partial charge in [0, 0.05) is 19.3 Å². The minimum atomic E-state index is -3.75. The van der Waals surface area contributed by atoms with Crippen LogP contribution in [0, 0.1) is 18.3 Å². The molecule has 0 saturated carbocycles. The van der Waals surface area contributed by atoms with Gasteiger partial charge in [-0.1, -0.05) is 50.6 Å². The molecule has 2 atom stereocenters. The van der Waals surface area contributed by atoms with E-state index in [1.54, 1.807) is 0 Å². The summed E-state index contributed by atoms with van der Waals surface area (Å²) < 4.78 is 0. The van der Waals surface area contributed by atoms with Crippen molar-refractivity contribution in [3.8, 4) is 12.3 Å². The Balaban J connectivity index is 2.90. The van der Waals surface area contributed by atoms with Gasteiger partial charge in [0.25, 0.3) is 0 Å². The van der Waals surface area contributed by atoms with Gasteiger partial charge in [0.15, 0.2) is 0 Å². The number of amides is 2. The topological polar surface area (TPSA) is 119 Å². The molecule has 0 aliphatic carbocycles. The molecule has 0 aliphatic heterocycles. The standard InChI is InChI=1S/C20H30BN2O5/c1-4-5-7-12-19(24)22-17(14-16-10-8-6-9-11-16)20(25)23-18(13-15(2)3)21(26,27)28/h1,6,8-11,15,17-18,26-28H,5,7,12-14H2,2-3H3,(H,22,24)(H,23,25)/q-1/t17-,18-/m0/s1. The minimum absolute atomic E-state index is 0.00364. The lowest BCUT2D eigenvalue weighted by atomic mass is 9.66. The third-order valence-electron chi connectivity index (χ3n) is 4.25. The van der Waals surface area contributed by atoms with Crippen LogP contribution < -0.4 is 10.6 Å². The maximum absolute atomic E-state index is 12.8. The first-order valence-corrected chi connectivity index (χ1v) is 9.52. The molecular formula is C20H30BN2O5-. The highest BCUT2D eigenvalue weighted by Gasteiger charge is 2.33. The number of hydrogen-bond donors (Lipinski definition) is 5. The molecule has 0 saturated heterocycles. The molecule has 0 heterocycles. The third kappa shape index (κ3) is 9.04. The number of nitrogens with one attached hydrogen (secondary N) is 2. The van der Waals surface area contributed by atoms with Crippen LogP contribution >= 0.6 is 0 Å². The van der Waals surface area contributed by atoms with E-state index in [9.17, 15) is 24.7 Å². The van der Waals surface area contributed by atoms with Crippen LogP contribution in [0.25, 0.3) is 0 Å². The smallest absolute Gasteiger partial charge is 0.393 e. The number of hydrogen-bond acceptors (Lipinski definition) is 5. The van der Waals surface area contributed by atoms with Crippen molar-refractivity contribution in [1.82, 2.24) is 10.6 Å². The molecule has 0 unspecified atom stereocenters. The molecule has 8 heteroatoms. The van der Waals surface area contributed by atoms with E-state index in [1.807, 2.05) is 44.2 Å². The molecule has 154 valence electrons. The SMILES string of the molecule is C#CCCCC(=O)N[C@@H](Cc1ccccc1)C(=O)N[C@@H](CC(C)C)[B-](O)(O)O. The van der Waals surface area contributed by atoms with Crippen LogP contribution in [0.5, 0.6) is 0 Å². The van der Waals surface area contributed by atoms with Crippen molar-refractivity contribution in [2.75, 3.05) is 0 Å². The number of rotatable bonds is 11. The van der Waals surface area contributed by atoms with Crippen molar-refractivity contribution >= 4 is 18.6 Å². The molecule has 5 N–H and O–H groups in total. The lowest BCUT2D eigenvalue weighted by Crippen LogP contribution is -2.61. The molecule has 1 aromatic carbocycles. The second-order valence-corrected chi connectivity index (χ2v) is 7.41. The number of carbonyl (C=O) groups is 2. The predicted molar refractivity (Wildman–Crippen MR) is 109 cm³/mol. The van der Waals surface area contributed by atoms with Crippen molar-refractivity contribution in [3.63, 3.8) is 0 Å². The zero-order valence-electron chi connectivity index (χ0n) is 16.5. The van der Waals surface area contributed by atoms with Gasteiger partial charge in [-0.2, -0.15) is 0 Å². The van der Waals surface area contributed by atoms with Crippen LogP contribution in [-0.2, 0) is 16.0 Å². The van der Waals surface area contributed by atoms with E-state index >= 15 is 0 Å². The fraction of sp³-hybridized carbons (Fsp3) is 0.500. The molecule has 2 amide bonds.